The Labute approximate surface area is 301 Å². The molecule has 9 heteroatoms. The topological polar surface area (TPSA) is 113 Å². The molecule has 0 radical (unpaired) electrons. The highest BCUT2D eigenvalue weighted by molar-refractivity contribution is 7.51. The van der Waals surface area contributed by atoms with Crippen LogP contribution in [0, 0.1) is 10.8 Å². The summed E-state index contributed by atoms with van der Waals surface area (Å²) in [5.74, 6) is 0. The van der Waals surface area contributed by atoms with Crippen LogP contribution in [0.15, 0.2) is 130 Å². The van der Waals surface area contributed by atoms with Gasteiger partial charge < -0.3 is 19.2 Å². The van der Waals surface area contributed by atoms with Gasteiger partial charge in [-0.2, -0.15) is 0 Å². The van der Waals surface area contributed by atoms with Crippen molar-refractivity contribution < 1.29 is 32.9 Å². The predicted octanol–water partition coefficient (Wildman–Crippen LogP) is 11.5. The van der Waals surface area contributed by atoms with Crippen molar-refractivity contribution >= 4 is 15.4 Å². The van der Waals surface area contributed by atoms with Gasteiger partial charge in [-0.25, -0.2) is 4.57 Å². The minimum absolute atomic E-state index is 0.149. The number of phosphoric ester groups is 1. The normalized spacial score (nSPS) is 24.6. The molecule has 0 bridgehead atoms. The molecule has 0 aromatic carbocycles. The standard InChI is InChI=1S/C41H60O7P2/c1-30(18-14-20-32(3)22-24-38-34(5)26-36(28-40(38,7)8)47-49(11,42)43)16-12-13-17-31(2)19-15-21-33(4)23-25-39-35(6)27-37(29-41(39,9)10)48-50(44,45)46/h12-25,36-37H,26-29H2,1-11H3,(H,42,43)(H2,44,45,46)/b13-12+,18-14+,19-15+,24-22+,25-23+,30-16+,31-17+,32-20+,33-21+. The van der Waals surface area contributed by atoms with Crippen LogP contribution in [0.4, 0.5) is 0 Å². The molecule has 0 aliphatic heterocycles. The van der Waals surface area contributed by atoms with Crippen molar-refractivity contribution in [3.63, 3.8) is 0 Å². The Hall–Kier alpha value is -2.60. The molecule has 50 heavy (non-hydrogen) atoms. The lowest BCUT2D eigenvalue weighted by Crippen LogP contribution is -2.29. The summed E-state index contributed by atoms with van der Waals surface area (Å²) in [6, 6.07) is 0. The van der Waals surface area contributed by atoms with E-state index >= 15 is 0 Å². The summed E-state index contributed by atoms with van der Waals surface area (Å²) in [7, 11) is -8.03. The molecule has 2 aliphatic carbocycles. The second-order valence-corrected chi connectivity index (χ2v) is 18.1. The third-order valence-electron chi connectivity index (χ3n) is 8.84. The van der Waals surface area contributed by atoms with Gasteiger partial charge in [0, 0.05) is 6.66 Å². The van der Waals surface area contributed by atoms with E-state index in [1.54, 1.807) is 0 Å². The van der Waals surface area contributed by atoms with Crippen molar-refractivity contribution in [2.75, 3.05) is 6.66 Å². The quantitative estimate of drug-likeness (QED) is 0.121. The van der Waals surface area contributed by atoms with E-state index in [0.717, 1.165) is 27.9 Å². The number of hydrogen-bond acceptors (Lipinski definition) is 4. The first-order valence-corrected chi connectivity index (χ1v) is 20.7. The maximum Gasteiger partial charge on any atom is 0.469 e. The van der Waals surface area contributed by atoms with Crippen molar-refractivity contribution in [3.05, 3.63) is 130 Å². The summed E-state index contributed by atoms with van der Waals surface area (Å²) < 4.78 is 33.5. The fraction of sp³-hybridized carbons (Fsp3) is 0.463. The third-order valence-corrected chi connectivity index (χ3v) is 10.1. The van der Waals surface area contributed by atoms with E-state index in [2.05, 4.69) is 116 Å². The number of hydrogen-bond donors (Lipinski definition) is 3. The Balaban J connectivity index is 1.94. The Morgan fingerprint density at radius 3 is 1.30 bits per heavy atom. The average Bonchev–Trinajstić information content (AvgIpc) is 2.91. The van der Waals surface area contributed by atoms with Crippen LogP contribution >= 0.6 is 15.4 Å². The van der Waals surface area contributed by atoms with Crippen molar-refractivity contribution in [3.8, 4) is 0 Å². The predicted molar refractivity (Wildman–Crippen MR) is 210 cm³/mol. The van der Waals surface area contributed by atoms with E-state index in [0.29, 0.717) is 25.7 Å². The van der Waals surface area contributed by atoms with Crippen LogP contribution < -0.4 is 0 Å². The molecule has 0 heterocycles. The fourth-order valence-electron chi connectivity index (χ4n) is 6.69. The number of rotatable bonds is 14. The maximum absolute atomic E-state index is 11.8. The first-order chi connectivity index (χ1) is 23.0. The monoisotopic (exact) mass is 726 g/mol. The van der Waals surface area contributed by atoms with Gasteiger partial charge >= 0.3 is 15.4 Å². The molecule has 0 aromatic heterocycles. The van der Waals surface area contributed by atoms with Gasteiger partial charge in [-0.15, -0.1) is 0 Å². The molecule has 0 fully saturated rings. The van der Waals surface area contributed by atoms with Crippen molar-refractivity contribution in [2.45, 2.75) is 107 Å². The van der Waals surface area contributed by atoms with Crippen LogP contribution in [0.5, 0.6) is 0 Å². The minimum atomic E-state index is -4.51. The first-order valence-electron chi connectivity index (χ1n) is 17.2. The summed E-state index contributed by atoms with van der Waals surface area (Å²) in [4.78, 5) is 28.1. The average molecular weight is 727 g/mol. The summed E-state index contributed by atoms with van der Waals surface area (Å²) in [6.07, 6.45) is 30.7. The van der Waals surface area contributed by atoms with E-state index in [9.17, 15) is 23.8 Å². The molecule has 7 nitrogen and oxygen atoms in total. The maximum atomic E-state index is 11.8. The van der Waals surface area contributed by atoms with Gasteiger partial charge in [0.2, 0.25) is 0 Å². The molecule has 3 atom stereocenters. The van der Waals surface area contributed by atoms with Gasteiger partial charge in [0.25, 0.3) is 0 Å². The van der Waals surface area contributed by atoms with Crippen molar-refractivity contribution in [2.24, 2.45) is 10.8 Å². The van der Waals surface area contributed by atoms with E-state index in [-0.39, 0.29) is 16.9 Å². The summed E-state index contributed by atoms with van der Waals surface area (Å²) in [5, 5.41) is 0. The summed E-state index contributed by atoms with van der Waals surface area (Å²) in [5.41, 5.74) is 8.78. The summed E-state index contributed by atoms with van der Waals surface area (Å²) in [6.45, 7) is 22.0. The highest BCUT2D eigenvalue weighted by Gasteiger charge is 2.36. The Kier molecular flexibility index (Phi) is 16.3. The highest BCUT2D eigenvalue weighted by Crippen LogP contribution is 2.49. The second-order valence-electron chi connectivity index (χ2n) is 15.1. The van der Waals surface area contributed by atoms with Crippen LogP contribution in [0.1, 0.15) is 94.9 Å². The molecular weight excluding hydrogens is 666 g/mol. The van der Waals surface area contributed by atoms with E-state index in [1.165, 1.54) is 23.4 Å². The van der Waals surface area contributed by atoms with Crippen LogP contribution in [0.25, 0.3) is 0 Å². The van der Waals surface area contributed by atoms with E-state index in [4.69, 9.17) is 9.05 Å². The van der Waals surface area contributed by atoms with Gasteiger partial charge in [-0.05, 0) is 89.2 Å². The molecule has 0 spiro atoms. The highest BCUT2D eigenvalue weighted by atomic mass is 31.2. The number of phosphoric acid groups is 1. The van der Waals surface area contributed by atoms with Gasteiger partial charge in [0.1, 0.15) is 0 Å². The molecule has 0 saturated heterocycles. The lowest BCUT2D eigenvalue weighted by molar-refractivity contribution is 0.0956. The molecule has 0 amide bonds. The smallest absolute Gasteiger partial charge is 0.324 e. The van der Waals surface area contributed by atoms with Crippen LogP contribution in [-0.2, 0) is 18.2 Å². The summed E-state index contributed by atoms with van der Waals surface area (Å²) >= 11 is 0. The zero-order valence-electron chi connectivity index (χ0n) is 31.9. The van der Waals surface area contributed by atoms with Crippen molar-refractivity contribution in [1.82, 2.24) is 0 Å². The molecule has 2 aliphatic rings. The van der Waals surface area contributed by atoms with Crippen LogP contribution in [0.2, 0.25) is 0 Å². The Morgan fingerprint density at radius 1 is 0.620 bits per heavy atom. The van der Waals surface area contributed by atoms with Gasteiger partial charge in [-0.1, -0.05) is 146 Å². The SMILES string of the molecule is CC1=C(/C=C/C(C)=C/C=C/C(C)=C/C=C/C=C(C)/C=C/C=C(C)/C=C/C2=C(C)CC(OP(=O)(O)O)CC2(C)C)C(C)(C)CC(OP(C)(=O)O)C1. The third kappa shape index (κ3) is 16.2. The zero-order chi connectivity index (χ0) is 37.9. The second kappa shape index (κ2) is 18.8. The zero-order valence-corrected chi connectivity index (χ0v) is 33.7. The first kappa shape index (κ1) is 43.6. The van der Waals surface area contributed by atoms with Gasteiger partial charge in [0.05, 0.1) is 12.2 Å². The van der Waals surface area contributed by atoms with Gasteiger partial charge in [-0.3, -0.25) is 9.09 Å². The molecule has 2 rings (SSSR count). The molecule has 0 aromatic rings. The Bertz CT molecular complexity index is 1530. The van der Waals surface area contributed by atoms with Crippen LogP contribution in [0.3, 0.4) is 0 Å². The number of allylic oxidation sites excluding steroid dienone is 20. The molecular formula is C41H60O7P2. The van der Waals surface area contributed by atoms with Gasteiger partial charge in [0.15, 0.2) is 0 Å². The molecule has 0 saturated carbocycles. The van der Waals surface area contributed by atoms with E-state index < -0.39 is 21.5 Å². The van der Waals surface area contributed by atoms with Crippen molar-refractivity contribution in [1.29, 1.82) is 0 Å². The van der Waals surface area contributed by atoms with Crippen LogP contribution in [-0.4, -0.2) is 33.6 Å². The lowest BCUT2D eigenvalue weighted by Gasteiger charge is -2.38. The largest absolute Gasteiger partial charge is 0.469 e. The Morgan fingerprint density at radius 2 is 0.960 bits per heavy atom. The minimum Gasteiger partial charge on any atom is -0.324 e. The fourth-order valence-corrected chi connectivity index (χ4v) is 7.93. The molecule has 276 valence electrons. The molecule has 3 unspecified atom stereocenters. The van der Waals surface area contributed by atoms with E-state index in [1.807, 2.05) is 38.2 Å². The lowest BCUT2D eigenvalue weighted by atomic mass is 9.71. The molecule has 3 N–H and O–H groups in total.